The van der Waals surface area contributed by atoms with Crippen molar-refractivity contribution in [3.8, 4) is 0 Å². The average Bonchev–Trinajstić information content (AvgIpc) is 0.918. The third kappa shape index (κ3) is 94.3. The van der Waals surface area contributed by atoms with Gasteiger partial charge in [0.2, 0.25) is 0 Å². The SMILES string of the molecule is N.[Cl-].[O]=[Ti]=[O]. The summed E-state index contributed by atoms with van der Waals surface area (Å²) in [5.41, 5.74) is 0. The van der Waals surface area contributed by atoms with Gasteiger partial charge >= 0.3 is 25.7 Å². The second kappa shape index (κ2) is 23.7. The Kier molecular flexibility index (Phi) is 83.5. The Morgan fingerprint density at radius 3 is 1.20 bits per heavy atom. The zero-order chi connectivity index (χ0) is 2.71. The zero-order valence-electron chi connectivity index (χ0n) is 2.40. The van der Waals surface area contributed by atoms with Gasteiger partial charge in [-0.1, -0.05) is 0 Å². The molecule has 0 bridgehead atoms. The number of hydrogen-bond donors (Lipinski definition) is 1. The molecule has 0 rings (SSSR count). The molecule has 0 saturated heterocycles. The van der Waals surface area contributed by atoms with E-state index >= 15 is 0 Å². The van der Waals surface area contributed by atoms with E-state index in [-0.39, 0.29) is 18.6 Å². The van der Waals surface area contributed by atoms with Gasteiger partial charge in [0.1, 0.15) is 0 Å². The van der Waals surface area contributed by atoms with Gasteiger partial charge in [-0.05, 0) is 0 Å². The van der Waals surface area contributed by atoms with Crippen LogP contribution in [0.5, 0.6) is 0 Å². The fourth-order valence-electron chi connectivity index (χ4n) is 0. The Morgan fingerprint density at radius 1 is 1.20 bits per heavy atom. The first-order valence-electron chi connectivity index (χ1n) is 0.408. The van der Waals surface area contributed by atoms with Crippen molar-refractivity contribution < 1.29 is 38.1 Å². The van der Waals surface area contributed by atoms with Crippen LogP contribution in [-0.4, -0.2) is 0 Å². The van der Waals surface area contributed by atoms with Crippen molar-refractivity contribution in [1.82, 2.24) is 6.15 Å². The van der Waals surface area contributed by atoms with Gasteiger partial charge in [0, 0.05) is 0 Å². The molecule has 3 N–H and O–H groups in total. The molecule has 5 heavy (non-hydrogen) atoms. The third-order valence-electron chi connectivity index (χ3n) is 0. The van der Waals surface area contributed by atoms with Crippen LogP contribution in [0.15, 0.2) is 0 Å². The summed E-state index contributed by atoms with van der Waals surface area (Å²) >= 11 is -2.00. The van der Waals surface area contributed by atoms with Crippen LogP contribution in [0.4, 0.5) is 0 Å². The number of rotatable bonds is 0. The molecule has 0 radical (unpaired) electrons. The first-order valence-corrected chi connectivity index (χ1v) is 1.68. The van der Waals surface area contributed by atoms with Crippen LogP contribution in [0.1, 0.15) is 0 Å². The topological polar surface area (TPSA) is 69.1 Å². The molecular weight excluding hydrogens is 129 g/mol. The molecule has 0 heterocycles. The maximum absolute atomic E-state index is 8.50. The van der Waals surface area contributed by atoms with Crippen LogP contribution in [0, 0.1) is 0 Å². The van der Waals surface area contributed by atoms with Crippen LogP contribution in [-0.2, 0) is 25.7 Å². The number of hydrogen-bond acceptors (Lipinski definition) is 3. The quantitative estimate of drug-likeness (QED) is 0.356. The monoisotopic (exact) mass is 132 g/mol. The van der Waals surface area contributed by atoms with Crippen LogP contribution in [0.3, 0.4) is 0 Å². The van der Waals surface area contributed by atoms with Gasteiger partial charge in [0.15, 0.2) is 0 Å². The summed E-state index contributed by atoms with van der Waals surface area (Å²) in [7, 11) is 0. The van der Waals surface area contributed by atoms with E-state index in [4.69, 9.17) is 6.65 Å². The van der Waals surface area contributed by atoms with Crippen LogP contribution >= 0.6 is 0 Å². The second-order valence-electron chi connectivity index (χ2n) is 0.0833. The van der Waals surface area contributed by atoms with E-state index in [1.54, 1.807) is 0 Å². The van der Waals surface area contributed by atoms with Gasteiger partial charge in [-0.3, -0.25) is 0 Å². The Hall–Kier alpha value is 0.564. The predicted molar refractivity (Wildman–Crippen MR) is 6.40 cm³/mol. The van der Waals surface area contributed by atoms with Crippen LogP contribution in [0.25, 0.3) is 0 Å². The Bertz CT molecular complexity index is 30.6. The number of halogens is 1. The summed E-state index contributed by atoms with van der Waals surface area (Å²) in [4.78, 5) is 0. The molecule has 0 aliphatic heterocycles. The van der Waals surface area contributed by atoms with Crippen molar-refractivity contribution >= 4 is 0 Å². The molecule has 0 aromatic heterocycles. The van der Waals surface area contributed by atoms with Gasteiger partial charge in [-0.25, -0.2) is 0 Å². The van der Waals surface area contributed by atoms with Gasteiger partial charge < -0.3 is 18.6 Å². The third-order valence-corrected chi connectivity index (χ3v) is 0. The van der Waals surface area contributed by atoms with E-state index in [9.17, 15) is 0 Å². The van der Waals surface area contributed by atoms with Crippen molar-refractivity contribution in [2.45, 2.75) is 0 Å². The molecule has 0 spiro atoms. The minimum absolute atomic E-state index is 0. The molecule has 0 amide bonds. The maximum atomic E-state index is 8.50. The van der Waals surface area contributed by atoms with E-state index in [1.807, 2.05) is 0 Å². The van der Waals surface area contributed by atoms with Crippen molar-refractivity contribution in [3.05, 3.63) is 0 Å². The average molecular weight is 132 g/mol. The molecule has 0 aromatic rings. The predicted octanol–water partition coefficient (Wildman–Crippen LogP) is -3.07. The fourth-order valence-corrected chi connectivity index (χ4v) is 0. The summed E-state index contributed by atoms with van der Waals surface area (Å²) < 4.78 is 17.0. The summed E-state index contributed by atoms with van der Waals surface area (Å²) in [5.74, 6) is 0. The van der Waals surface area contributed by atoms with Gasteiger partial charge in [-0.15, -0.1) is 0 Å². The Balaban J connectivity index is -0.0000000200. The molecule has 5 heteroatoms. The summed E-state index contributed by atoms with van der Waals surface area (Å²) in [5, 5.41) is 0. The standard InChI is InChI=1S/ClH.H3N.2O.Ti/h1H;1H3;;;/p-1. The molecule has 0 aliphatic carbocycles. The Labute approximate surface area is 44.7 Å². The molecule has 0 aliphatic rings. The van der Waals surface area contributed by atoms with Crippen molar-refractivity contribution in [3.63, 3.8) is 0 Å². The summed E-state index contributed by atoms with van der Waals surface area (Å²) in [6, 6.07) is 0. The van der Waals surface area contributed by atoms with Crippen molar-refractivity contribution in [2.75, 3.05) is 0 Å². The van der Waals surface area contributed by atoms with Crippen LogP contribution in [0.2, 0.25) is 0 Å². The van der Waals surface area contributed by atoms with Gasteiger partial charge in [0.25, 0.3) is 0 Å². The molecule has 3 nitrogen and oxygen atoms in total. The Morgan fingerprint density at radius 2 is 1.20 bits per heavy atom. The normalized spacial score (nSPS) is 1.60. The molecule has 32 valence electrons. The molecule has 0 aromatic carbocycles. The van der Waals surface area contributed by atoms with E-state index in [0.717, 1.165) is 0 Å². The zero-order valence-corrected chi connectivity index (χ0v) is 4.72. The van der Waals surface area contributed by atoms with Gasteiger partial charge in [-0.2, -0.15) is 0 Å². The van der Waals surface area contributed by atoms with Crippen molar-refractivity contribution in [1.29, 1.82) is 0 Å². The molecule has 0 unspecified atom stereocenters. The summed E-state index contributed by atoms with van der Waals surface area (Å²) in [6.07, 6.45) is 0. The fraction of sp³-hybridized carbons (Fsp3) is 0. The van der Waals surface area contributed by atoms with Crippen molar-refractivity contribution in [2.24, 2.45) is 0 Å². The van der Waals surface area contributed by atoms with Gasteiger partial charge in [0.05, 0.1) is 0 Å². The molecule has 0 fully saturated rings. The van der Waals surface area contributed by atoms with E-state index in [1.165, 1.54) is 0 Å². The first kappa shape index (κ1) is 17.6. The summed E-state index contributed by atoms with van der Waals surface area (Å²) in [6.45, 7) is 0. The molecule has 0 atom stereocenters. The molecule has 0 saturated carbocycles. The molecular formula is H3ClNO2Ti-. The van der Waals surface area contributed by atoms with E-state index in [2.05, 4.69) is 0 Å². The van der Waals surface area contributed by atoms with E-state index < -0.39 is 19.1 Å². The van der Waals surface area contributed by atoms with Crippen LogP contribution < -0.4 is 18.6 Å². The minimum atomic E-state index is -2.00. The van der Waals surface area contributed by atoms with E-state index in [0.29, 0.717) is 0 Å². The second-order valence-corrected chi connectivity index (χ2v) is 0.344. The first-order chi connectivity index (χ1) is 1.41.